The molecule has 1 atom stereocenters. The van der Waals surface area contributed by atoms with Crippen LogP contribution in [0.3, 0.4) is 0 Å². The predicted octanol–water partition coefficient (Wildman–Crippen LogP) is 3.44. The van der Waals surface area contributed by atoms with Crippen molar-refractivity contribution in [3.8, 4) is 0 Å². The van der Waals surface area contributed by atoms with Crippen LogP contribution in [-0.2, 0) is 4.79 Å². The number of H-pyrrole nitrogens is 1. The fourth-order valence-electron chi connectivity index (χ4n) is 4.99. The molecule has 1 saturated carbocycles. The van der Waals surface area contributed by atoms with Gasteiger partial charge >= 0.3 is 0 Å². The molecule has 36 heavy (non-hydrogen) atoms. The Morgan fingerprint density at radius 2 is 1.83 bits per heavy atom. The number of anilines is 1. The Morgan fingerprint density at radius 3 is 2.58 bits per heavy atom. The topological polar surface area (TPSA) is 85.5 Å². The zero-order valence-electron chi connectivity index (χ0n) is 19.8. The lowest BCUT2D eigenvalue weighted by atomic mass is 9.85. The van der Waals surface area contributed by atoms with E-state index in [2.05, 4.69) is 10.3 Å². The predicted molar refractivity (Wildman–Crippen MR) is 133 cm³/mol. The SMILES string of the molecule is O=C(CC1CN(c2ccc(F)c(F)c2)CCN1C(=O)c1cc(=O)[nH]c2ccccc12)NCC1CCC1. The molecule has 2 aromatic carbocycles. The van der Waals surface area contributed by atoms with Crippen LogP contribution >= 0.6 is 0 Å². The number of aromatic amines is 1. The first-order chi connectivity index (χ1) is 17.4. The fraction of sp³-hybridized carbons (Fsp3) is 0.370. The minimum atomic E-state index is -0.948. The van der Waals surface area contributed by atoms with E-state index in [4.69, 9.17) is 0 Å². The third-order valence-electron chi connectivity index (χ3n) is 7.23. The monoisotopic (exact) mass is 494 g/mol. The number of para-hydroxylation sites is 1. The van der Waals surface area contributed by atoms with Crippen LogP contribution in [0.4, 0.5) is 14.5 Å². The average Bonchev–Trinajstić information content (AvgIpc) is 2.83. The Balaban J connectivity index is 1.41. The molecule has 1 aliphatic carbocycles. The van der Waals surface area contributed by atoms with Gasteiger partial charge in [0.2, 0.25) is 11.5 Å². The third-order valence-corrected chi connectivity index (χ3v) is 7.23. The Kier molecular flexibility index (Phi) is 6.71. The van der Waals surface area contributed by atoms with Gasteiger partial charge in [0.05, 0.1) is 11.6 Å². The second kappa shape index (κ2) is 10.1. The number of carbonyl (C=O) groups is 2. The highest BCUT2D eigenvalue weighted by molar-refractivity contribution is 6.06. The normalized spacial score (nSPS) is 18.2. The van der Waals surface area contributed by atoms with Crippen LogP contribution in [0.1, 0.15) is 36.0 Å². The van der Waals surface area contributed by atoms with E-state index in [1.54, 1.807) is 29.2 Å². The lowest BCUT2D eigenvalue weighted by Gasteiger charge is -2.42. The molecule has 1 aliphatic heterocycles. The van der Waals surface area contributed by atoms with Crippen LogP contribution in [0.15, 0.2) is 53.3 Å². The number of benzene rings is 2. The van der Waals surface area contributed by atoms with Gasteiger partial charge < -0.3 is 20.1 Å². The average molecular weight is 495 g/mol. The van der Waals surface area contributed by atoms with Gasteiger partial charge in [-0.25, -0.2) is 8.78 Å². The molecule has 2 N–H and O–H groups in total. The molecule has 0 bridgehead atoms. The largest absolute Gasteiger partial charge is 0.368 e. The van der Waals surface area contributed by atoms with E-state index >= 15 is 0 Å². The van der Waals surface area contributed by atoms with Crippen molar-refractivity contribution in [1.29, 1.82) is 0 Å². The van der Waals surface area contributed by atoms with Crippen LogP contribution in [0.2, 0.25) is 0 Å². The summed E-state index contributed by atoms with van der Waals surface area (Å²) in [5.41, 5.74) is 0.939. The maximum absolute atomic E-state index is 13.9. The summed E-state index contributed by atoms with van der Waals surface area (Å²) in [7, 11) is 0. The quantitative estimate of drug-likeness (QED) is 0.550. The first-order valence-corrected chi connectivity index (χ1v) is 12.3. The number of piperazine rings is 1. The molecule has 1 saturated heterocycles. The van der Waals surface area contributed by atoms with Gasteiger partial charge in [0.1, 0.15) is 0 Å². The maximum atomic E-state index is 13.9. The Morgan fingerprint density at radius 1 is 1.03 bits per heavy atom. The number of carbonyl (C=O) groups excluding carboxylic acids is 2. The van der Waals surface area contributed by atoms with Crippen molar-refractivity contribution in [2.45, 2.75) is 31.7 Å². The number of halogens is 2. The van der Waals surface area contributed by atoms with Crippen molar-refractivity contribution in [3.05, 3.63) is 76.1 Å². The Hall–Kier alpha value is -3.75. The highest BCUT2D eigenvalue weighted by Crippen LogP contribution is 2.27. The molecule has 1 unspecified atom stereocenters. The number of hydrogen-bond donors (Lipinski definition) is 2. The minimum absolute atomic E-state index is 0.0692. The summed E-state index contributed by atoms with van der Waals surface area (Å²) < 4.78 is 27.4. The van der Waals surface area contributed by atoms with Crippen LogP contribution in [0.5, 0.6) is 0 Å². The molecule has 3 aromatic rings. The van der Waals surface area contributed by atoms with Gasteiger partial charge in [0.25, 0.3) is 5.91 Å². The molecule has 5 rings (SSSR count). The summed E-state index contributed by atoms with van der Waals surface area (Å²) in [5, 5.41) is 3.60. The summed E-state index contributed by atoms with van der Waals surface area (Å²) >= 11 is 0. The lowest BCUT2D eigenvalue weighted by Crippen LogP contribution is -2.56. The summed E-state index contributed by atoms with van der Waals surface area (Å²) in [6, 6.07) is 11.6. The van der Waals surface area contributed by atoms with Crippen LogP contribution in [0.25, 0.3) is 10.9 Å². The van der Waals surface area contributed by atoms with Crippen molar-refractivity contribution in [2.75, 3.05) is 31.1 Å². The van der Waals surface area contributed by atoms with E-state index in [0.29, 0.717) is 35.6 Å². The molecule has 1 aromatic heterocycles. The summed E-state index contributed by atoms with van der Waals surface area (Å²) in [5.74, 6) is -1.87. The van der Waals surface area contributed by atoms with Crippen molar-refractivity contribution in [2.24, 2.45) is 5.92 Å². The number of aromatic nitrogens is 1. The first-order valence-electron chi connectivity index (χ1n) is 12.3. The van der Waals surface area contributed by atoms with E-state index in [-0.39, 0.29) is 42.4 Å². The lowest BCUT2D eigenvalue weighted by molar-refractivity contribution is -0.122. The maximum Gasteiger partial charge on any atom is 0.255 e. The molecule has 2 amide bonds. The number of pyridine rings is 1. The molecule has 7 nitrogen and oxygen atoms in total. The highest BCUT2D eigenvalue weighted by atomic mass is 19.2. The zero-order valence-corrected chi connectivity index (χ0v) is 19.8. The fourth-order valence-corrected chi connectivity index (χ4v) is 4.99. The van der Waals surface area contributed by atoms with Crippen molar-refractivity contribution in [3.63, 3.8) is 0 Å². The van der Waals surface area contributed by atoms with Gasteiger partial charge in [-0.3, -0.25) is 14.4 Å². The molecule has 0 radical (unpaired) electrons. The van der Waals surface area contributed by atoms with Gasteiger partial charge in [-0.05, 0) is 37.0 Å². The van der Waals surface area contributed by atoms with Gasteiger partial charge in [-0.1, -0.05) is 24.6 Å². The van der Waals surface area contributed by atoms with Crippen LogP contribution in [-0.4, -0.2) is 53.9 Å². The highest BCUT2D eigenvalue weighted by Gasteiger charge is 2.34. The standard InChI is InChI=1S/C27H28F2N4O3/c28-22-9-8-18(12-23(22)29)32-10-11-33(19(16-32)13-25(34)30-15-17-4-3-5-17)27(36)21-14-26(35)31-24-7-2-1-6-20(21)24/h1-2,6-9,12,14,17,19H,3-5,10-11,13,15-16H2,(H,30,34)(H,31,35). The molecule has 9 heteroatoms. The number of hydrogen-bond acceptors (Lipinski definition) is 4. The summed E-state index contributed by atoms with van der Waals surface area (Å²) in [4.78, 5) is 45.1. The second-order valence-electron chi connectivity index (χ2n) is 9.59. The second-order valence-corrected chi connectivity index (χ2v) is 9.59. The van der Waals surface area contributed by atoms with Gasteiger partial charge in [0, 0.05) is 61.3 Å². The van der Waals surface area contributed by atoms with E-state index in [1.165, 1.54) is 18.6 Å². The Bertz CT molecular complexity index is 1350. The number of nitrogens with zero attached hydrogens (tertiary/aromatic N) is 2. The Labute approximate surface area is 207 Å². The molecule has 2 heterocycles. The molecule has 2 aliphatic rings. The molecule has 0 spiro atoms. The molecule has 188 valence electrons. The van der Waals surface area contributed by atoms with E-state index in [0.717, 1.165) is 25.0 Å². The van der Waals surface area contributed by atoms with Gasteiger partial charge in [-0.2, -0.15) is 0 Å². The molecular formula is C27H28F2N4O3. The van der Waals surface area contributed by atoms with Gasteiger partial charge in [-0.15, -0.1) is 0 Å². The number of rotatable bonds is 6. The van der Waals surface area contributed by atoms with Crippen LogP contribution < -0.4 is 15.8 Å². The molecule has 2 fully saturated rings. The summed E-state index contributed by atoms with van der Waals surface area (Å²) in [6.07, 6.45) is 3.46. The van der Waals surface area contributed by atoms with Crippen molar-refractivity contribution < 1.29 is 18.4 Å². The zero-order chi connectivity index (χ0) is 25.2. The first kappa shape index (κ1) is 24.0. The van der Waals surface area contributed by atoms with Gasteiger partial charge in [0.15, 0.2) is 11.6 Å². The van der Waals surface area contributed by atoms with Crippen molar-refractivity contribution in [1.82, 2.24) is 15.2 Å². The number of nitrogens with one attached hydrogen (secondary N) is 2. The van der Waals surface area contributed by atoms with E-state index < -0.39 is 17.7 Å². The van der Waals surface area contributed by atoms with Crippen molar-refractivity contribution >= 4 is 28.4 Å². The summed E-state index contributed by atoms with van der Waals surface area (Å²) in [6.45, 7) is 1.53. The number of fused-ring (bicyclic) bond motifs is 1. The minimum Gasteiger partial charge on any atom is -0.368 e. The third kappa shape index (κ3) is 4.96. The number of amides is 2. The van der Waals surface area contributed by atoms with E-state index in [9.17, 15) is 23.2 Å². The van der Waals surface area contributed by atoms with E-state index in [1.807, 2.05) is 4.90 Å². The van der Waals surface area contributed by atoms with Crippen LogP contribution in [0, 0.1) is 17.6 Å². The molecular weight excluding hydrogens is 466 g/mol. The smallest absolute Gasteiger partial charge is 0.255 e.